The lowest BCUT2D eigenvalue weighted by molar-refractivity contribution is -0.144. The third-order valence-corrected chi connectivity index (χ3v) is 10.00. The van der Waals surface area contributed by atoms with Crippen molar-refractivity contribution in [2.24, 2.45) is 18.9 Å². The molecule has 2 atom stereocenters. The van der Waals surface area contributed by atoms with Crippen molar-refractivity contribution in [2.45, 2.75) is 62.3 Å². The molecule has 3 heterocycles. The van der Waals surface area contributed by atoms with Crippen molar-refractivity contribution >= 4 is 29.3 Å². The van der Waals surface area contributed by atoms with E-state index in [-0.39, 0.29) is 53.8 Å². The van der Waals surface area contributed by atoms with E-state index >= 15 is 0 Å². The second-order valence-corrected chi connectivity index (χ2v) is 13.2. The van der Waals surface area contributed by atoms with E-state index in [1.54, 1.807) is 11.6 Å². The maximum absolute atomic E-state index is 14.3. The van der Waals surface area contributed by atoms with Gasteiger partial charge in [-0.25, -0.2) is 14.2 Å². The van der Waals surface area contributed by atoms with Gasteiger partial charge in [0.25, 0.3) is 5.91 Å². The molecule has 6 rings (SSSR count). The fraction of sp³-hybridized carbons (Fsp3) is 0.500. The second kappa shape index (κ2) is 12.6. The predicted octanol–water partition coefficient (Wildman–Crippen LogP) is 6.43. The Labute approximate surface area is 273 Å². The molecule has 2 unspecified atom stereocenters. The molecule has 2 saturated carbocycles. The van der Waals surface area contributed by atoms with E-state index in [1.165, 1.54) is 40.3 Å². The third kappa shape index (κ3) is 6.49. The number of likely N-dealkylation sites (tertiary alicyclic amines) is 1. The van der Waals surface area contributed by atoms with Crippen LogP contribution in [0, 0.1) is 17.7 Å². The average Bonchev–Trinajstić information content (AvgIpc) is 3.79. The number of nitrogens with one attached hydrogen (secondary N) is 1. The van der Waals surface area contributed by atoms with Gasteiger partial charge in [-0.1, -0.05) is 24.3 Å². The Hall–Kier alpha value is -3.91. The van der Waals surface area contributed by atoms with Crippen LogP contribution in [0.15, 0.2) is 43.4 Å². The van der Waals surface area contributed by atoms with Gasteiger partial charge in [0.05, 0.1) is 28.7 Å². The molecule has 3 aliphatic rings. The number of hydrogen-bond donors (Lipinski definition) is 2. The van der Waals surface area contributed by atoms with Crippen LogP contribution in [0.2, 0.25) is 5.02 Å². The monoisotopic (exact) mass is 678 g/mol. The maximum Gasteiger partial charge on any atom is 0.435 e. The molecule has 47 heavy (non-hydrogen) atoms. The summed E-state index contributed by atoms with van der Waals surface area (Å²) in [5.41, 5.74) is -1.82. The highest BCUT2D eigenvalue weighted by Crippen LogP contribution is 2.58. The molecular weight excluding hydrogens is 644 g/mol. The Bertz CT molecular complexity index is 1670. The van der Waals surface area contributed by atoms with E-state index in [0.717, 1.165) is 6.07 Å². The highest BCUT2D eigenvalue weighted by atomic mass is 35.5. The number of hydrogen-bond acceptors (Lipinski definition) is 6. The molecule has 1 saturated heterocycles. The number of aliphatic hydroxyl groups is 1. The minimum atomic E-state index is -4.77. The minimum Gasteiger partial charge on any atom is -0.445 e. The minimum absolute atomic E-state index is 0.0726. The van der Waals surface area contributed by atoms with Gasteiger partial charge in [0.15, 0.2) is 5.69 Å². The summed E-state index contributed by atoms with van der Waals surface area (Å²) in [7, 11) is 1.69. The van der Waals surface area contributed by atoms with E-state index in [9.17, 15) is 32.3 Å². The van der Waals surface area contributed by atoms with Crippen molar-refractivity contribution in [3.63, 3.8) is 0 Å². The lowest BCUT2D eigenvalue weighted by Gasteiger charge is -2.31. The number of ether oxygens (including phenoxy) is 1. The predicted molar refractivity (Wildman–Crippen MR) is 163 cm³/mol. The summed E-state index contributed by atoms with van der Waals surface area (Å²) in [5.74, 6) is -1.37. The number of fused-ring (bicyclic) bond motifs is 1. The molecule has 1 aromatic carbocycles. The number of carbonyl (C=O) groups excluding carboxylic acids is 2. The number of alkyl halides is 3. The van der Waals surface area contributed by atoms with Crippen LogP contribution >= 0.6 is 11.6 Å². The molecule has 0 bridgehead atoms. The summed E-state index contributed by atoms with van der Waals surface area (Å²) >= 11 is 5.86. The first-order chi connectivity index (χ1) is 22.3. The molecule has 2 aromatic heterocycles. The van der Waals surface area contributed by atoms with Crippen LogP contribution in [-0.4, -0.2) is 61.0 Å². The number of piperidine rings is 1. The van der Waals surface area contributed by atoms with Crippen LogP contribution in [0.4, 0.5) is 28.0 Å². The van der Waals surface area contributed by atoms with Gasteiger partial charge in [0, 0.05) is 43.5 Å². The summed E-state index contributed by atoms with van der Waals surface area (Å²) in [6.07, 6.45) is 1.18. The first-order valence-corrected chi connectivity index (χ1v) is 15.8. The molecule has 1 aliphatic heterocycles. The largest absolute Gasteiger partial charge is 0.445 e. The zero-order valence-corrected chi connectivity index (χ0v) is 26.4. The van der Waals surface area contributed by atoms with Crippen molar-refractivity contribution < 1.29 is 37.0 Å². The Morgan fingerprint density at radius 2 is 1.89 bits per heavy atom. The number of carbonyl (C=O) groups is 2. The topological polar surface area (TPSA) is 115 Å². The van der Waals surface area contributed by atoms with Gasteiger partial charge in [-0.2, -0.15) is 18.3 Å². The van der Waals surface area contributed by atoms with Crippen LogP contribution in [0.5, 0.6) is 0 Å². The van der Waals surface area contributed by atoms with Crippen LogP contribution in [0.3, 0.4) is 0 Å². The molecule has 2 N–H and O–H groups in total. The van der Waals surface area contributed by atoms with Gasteiger partial charge in [0.1, 0.15) is 18.1 Å². The fourth-order valence-electron chi connectivity index (χ4n) is 7.56. The zero-order valence-electron chi connectivity index (χ0n) is 25.6. The lowest BCUT2D eigenvalue weighted by Crippen LogP contribution is -2.39. The Morgan fingerprint density at radius 3 is 2.51 bits per heavy atom. The van der Waals surface area contributed by atoms with Crippen molar-refractivity contribution in [1.29, 1.82) is 0 Å². The number of nitrogens with zero attached hydrogens (tertiary/aromatic N) is 5. The van der Waals surface area contributed by atoms with Crippen LogP contribution in [0.25, 0.3) is 0 Å². The van der Waals surface area contributed by atoms with Crippen LogP contribution < -0.4 is 5.32 Å². The lowest BCUT2D eigenvalue weighted by atomic mass is 9.87. The molecular formula is C32H35ClF4N6O4. The number of rotatable bonds is 7. The molecule has 2 aliphatic carbocycles. The molecule has 15 heteroatoms. The fourth-order valence-corrected chi connectivity index (χ4v) is 7.74. The number of imidazole rings is 1. The van der Waals surface area contributed by atoms with Crippen molar-refractivity contribution in [2.75, 3.05) is 25.0 Å². The number of halogens is 5. The van der Waals surface area contributed by atoms with Crippen molar-refractivity contribution in [3.8, 4) is 0 Å². The molecule has 3 aromatic rings. The Morgan fingerprint density at radius 1 is 1.21 bits per heavy atom. The summed E-state index contributed by atoms with van der Waals surface area (Å²) in [5, 5.41) is 18.3. The standard InChI is InChI=1S/C32H35ClF4N6O4/c1-3-10-47-30(45)42-8-6-22(7-9-42)43-16-23(28(40-43)32(35,36)37)31(46)14-19-11-18(12-20(19)15-31)26-27(41(2)17-38-26)29(44)39-21-4-5-25(34)24(33)13-21/h3-5,13,16-20,22,46H,1,6-12,14-15H2,2H3,(H,39,44). The quantitative estimate of drug-likeness (QED) is 0.220. The molecule has 0 radical (unpaired) electrons. The van der Waals surface area contributed by atoms with E-state index in [2.05, 4.69) is 22.0 Å². The second-order valence-electron chi connectivity index (χ2n) is 12.8. The highest BCUT2D eigenvalue weighted by molar-refractivity contribution is 6.31. The van der Waals surface area contributed by atoms with Gasteiger partial charge in [-0.05, 0) is 68.6 Å². The molecule has 2 amide bonds. The molecule has 252 valence electrons. The number of benzene rings is 1. The SMILES string of the molecule is C=CCOC(=O)N1CCC(n2cc(C3(O)CC4CC(c5ncn(C)c5C(=O)Nc5ccc(F)c(Cl)c5)CC4C3)c(C(F)(F)F)n2)CC1. The van der Waals surface area contributed by atoms with E-state index < -0.39 is 35.3 Å². The van der Waals surface area contributed by atoms with Gasteiger partial charge in [-0.3, -0.25) is 9.48 Å². The van der Waals surface area contributed by atoms with Gasteiger partial charge in [0.2, 0.25) is 0 Å². The first kappa shape index (κ1) is 33.0. The highest BCUT2D eigenvalue weighted by Gasteiger charge is 2.54. The van der Waals surface area contributed by atoms with E-state index in [1.807, 2.05) is 0 Å². The Balaban J connectivity index is 1.16. The summed E-state index contributed by atoms with van der Waals surface area (Å²) in [4.78, 5) is 31.5. The van der Waals surface area contributed by atoms with Crippen LogP contribution in [0.1, 0.15) is 77.9 Å². The van der Waals surface area contributed by atoms with Crippen LogP contribution in [-0.2, 0) is 23.6 Å². The number of amides is 2. The smallest absolute Gasteiger partial charge is 0.435 e. The van der Waals surface area contributed by atoms with Gasteiger partial charge < -0.3 is 24.6 Å². The normalized spacial score (nSPS) is 24.7. The number of aryl methyl sites for hydroxylation is 1. The molecule has 3 fully saturated rings. The van der Waals surface area contributed by atoms with Crippen molar-refractivity contribution in [3.05, 3.63) is 76.9 Å². The van der Waals surface area contributed by atoms with Gasteiger partial charge in [-0.15, -0.1) is 0 Å². The summed E-state index contributed by atoms with van der Waals surface area (Å²) in [6, 6.07) is 3.50. The molecule has 10 nitrogen and oxygen atoms in total. The third-order valence-electron chi connectivity index (χ3n) is 9.71. The first-order valence-electron chi connectivity index (χ1n) is 15.5. The van der Waals surface area contributed by atoms with Gasteiger partial charge >= 0.3 is 12.3 Å². The van der Waals surface area contributed by atoms with E-state index in [4.69, 9.17) is 16.3 Å². The average molecular weight is 679 g/mol. The van der Waals surface area contributed by atoms with Crippen molar-refractivity contribution in [1.82, 2.24) is 24.2 Å². The Kier molecular flexibility index (Phi) is 8.85. The maximum atomic E-state index is 14.3. The number of anilines is 1. The zero-order chi connectivity index (χ0) is 33.7. The van der Waals surface area contributed by atoms with E-state index in [0.29, 0.717) is 55.8 Å². The molecule has 0 spiro atoms. The number of aromatic nitrogens is 4. The summed E-state index contributed by atoms with van der Waals surface area (Å²) in [6.45, 7) is 4.19. The summed E-state index contributed by atoms with van der Waals surface area (Å²) < 4.78 is 64.4.